The average Bonchev–Trinajstić information content (AvgIpc) is 2.43. The predicted molar refractivity (Wildman–Crippen MR) is 76.9 cm³/mol. The van der Waals surface area contributed by atoms with E-state index in [-0.39, 0.29) is 5.92 Å². The van der Waals surface area contributed by atoms with E-state index in [1.54, 1.807) is 31.2 Å². The fourth-order valence-corrected chi connectivity index (χ4v) is 2.67. The minimum Gasteiger partial charge on any atom is -0.481 e. The number of carboxylic acid groups (broad SMARTS) is 2. The highest BCUT2D eigenvalue weighted by Gasteiger charge is 2.31. The molecule has 4 nitrogen and oxygen atoms in total. The fourth-order valence-electron chi connectivity index (χ4n) is 2.67. The first-order chi connectivity index (χ1) is 9.43. The molecule has 0 saturated heterocycles. The Labute approximate surface area is 119 Å². The first-order valence-electron chi connectivity index (χ1n) is 6.98. The van der Waals surface area contributed by atoms with Gasteiger partial charge in [0.15, 0.2) is 0 Å². The van der Waals surface area contributed by atoms with E-state index in [2.05, 4.69) is 0 Å². The number of rotatable bonds is 7. The van der Waals surface area contributed by atoms with Crippen LogP contribution in [0.1, 0.15) is 56.6 Å². The Balaban J connectivity index is 3.34. The second-order valence-corrected chi connectivity index (χ2v) is 5.08. The Kier molecular flexibility index (Phi) is 5.74. The second-order valence-electron chi connectivity index (χ2n) is 5.08. The highest BCUT2D eigenvalue weighted by atomic mass is 16.4. The Morgan fingerprint density at radius 3 is 1.90 bits per heavy atom. The summed E-state index contributed by atoms with van der Waals surface area (Å²) in [5.74, 6) is -3.17. The summed E-state index contributed by atoms with van der Waals surface area (Å²) < 4.78 is 0. The average molecular weight is 278 g/mol. The standard InChI is InChI=1S/C16H22O4/c1-4-11(5-2)14(16(19)20)13-9-7-6-8-12(13)10(3)15(17)18/h6-11,14H,4-5H2,1-3H3,(H,17,18)(H,19,20). The molecule has 0 fully saturated rings. The molecule has 2 unspecified atom stereocenters. The molecule has 0 saturated carbocycles. The SMILES string of the molecule is CCC(CC)C(C(=O)O)c1ccccc1C(C)C(=O)O. The number of hydrogen-bond acceptors (Lipinski definition) is 2. The molecule has 1 rings (SSSR count). The third-order valence-corrected chi connectivity index (χ3v) is 3.95. The van der Waals surface area contributed by atoms with Crippen molar-refractivity contribution in [2.75, 3.05) is 0 Å². The van der Waals surface area contributed by atoms with E-state index in [9.17, 15) is 19.8 Å². The molecule has 0 heterocycles. The van der Waals surface area contributed by atoms with Gasteiger partial charge in [0.25, 0.3) is 0 Å². The molecular weight excluding hydrogens is 256 g/mol. The molecule has 0 spiro atoms. The van der Waals surface area contributed by atoms with Crippen molar-refractivity contribution in [2.45, 2.75) is 45.4 Å². The van der Waals surface area contributed by atoms with E-state index in [1.807, 2.05) is 13.8 Å². The van der Waals surface area contributed by atoms with Gasteiger partial charge in [0.2, 0.25) is 0 Å². The van der Waals surface area contributed by atoms with Gasteiger partial charge >= 0.3 is 11.9 Å². The highest BCUT2D eigenvalue weighted by Crippen LogP contribution is 2.34. The van der Waals surface area contributed by atoms with Crippen LogP contribution in [-0.4, -0.2) is 22.2 Å². The van der Waals surface area contributed by atoms with Crippen LogP contribution in [0.2, 0.25) is 0 Å². The smallest absolute Gasteiger partial charge is 0.311 e. The molecule has 0 radical (unpaired) electrons. The maximum Gasteiger partial charge on any atom is 0.311 e. The third kappa shape index (κ3) is 3.38. The van der Waals surface area contributed by atoms with Crippen LogP contribution in [0.3, 0.4) is 0 Å². The van der Waals surface area contributed by atoms with E-state index in [0.29, 0.717) is 11.1 Å². The molecule has 0 aliphatic rings. The van der Waals surface area contributed by atoms with Gasteiger partial charge in [-0.3, -0.25) is 9.59 Å². The molecule has 1 aromatic rings. The van der Waals surface area contributed by atoms with Gasteiger partial charge in [0, 0.05) is 0 Å². The number of carboxylic acids is 2. The lowest BCUT2D eigenvalue weighted by Gasteiger charge is -2.25. The molecule has 2 N–H and O–H groups in total. The van der Waals surface area contributed by atoms with Gasteiger partial charge in [0.05, 0.1) is 11.8 Å². The third-order valence-electron chi connectivity index (χ3n) is 3.95. The molecular formula is C16H22O4. The van der Waals surface area contributed by atoms with Gasteiger partial charge in [-0.1, -0.05) is 51.0 Å². The van der Waals surface area contributed by atoms with Crippen molar-refractivity contribution in [3.05, 3.63) is 35.4 Å². The molecule has 0 bridgehead atoms. The zero-order valence-corrected chi connectivity index (χ0v) is 12.2. The molecule has 0 aliphatic carbocycles. The summed E-state index contributed by atoms with van der Waals surface area (Å²) in [4.78, 5) is 22.9. The number of aliphatic carboxylic acids is 2. The molecule has 0 aliphatic heterocycles. The van der Waals surface area contributed by atoms with Crippen LogP contribution < -0.4 is 0 Å². The highest BCUT2D eigenvalue weighted by molar-refractivity contribution is 5.80. The minimum absolute atomic E-state index is 0.00893. The molecule has 110 valence electrons. The van der Waals surface area contributed by atoms with Gasteiger partial charge < -0.3 is 10.2 Å². The van der Waals surface area contributed by atoms with E-state index in [1.165, 1.54) is 0 Å². The summed E-state index contributed by atoms with van der Waals surface area (Å²) in [5.41, 5.74) is 1.22. The monoisotopic (exact) mass is 278 g/mol. The first-order valence-corrected chi connectivity index (χ1v) is 6.98. The lowest BCUT2D eigenvalue weighted by atomic mass is 9.78. The Morgan fingerprint density at radius 2 is 1.50 bits per heavy atom. The number of benzene rings is 1. The van der Waals surface area contributed by atoms with Crippen LogP contribution in [0.4, 0.5) is 0 Å². The number of carbonyl (C=O) groups is 2. The lowest BCUT2D eigenvalue weighted by molar-refractivity contribution is -0.141. The summed E-state index contributed by atoms with van der Waals surface area (Å²) in [6.45, 7) is 5.52. The summed E-state index contributed by atoms with van der Waals surface area (Å²) >= 11 is 0. The minimum atomic E-state index is -0.939. The van der Waals surface area contributed by atoms with Crippen LogP contribution in [0.15, 0.2) is 24.3 Å². The van der Waals surface area contributed by atoms with Crippen molar-refractivity contribution < 1.29 is 19.8 Å². The summed E-state index contributed by atoms with van der Waals surface area (Å²) in [6.07, 6.45) is 1.51. The van der Waals surface area contributed by atoms with E-state index in [4.69, 9.17) is 0 Å². The van der Waals surface area contributed by atoms with Gasteiger partial charge in [-0.05, 0) is 24.0 Å². The van der Waals surface area contributed by atoms with Gasteiger partial charge in [-0.15, -0.1) is 0 Å². The van der Waals surface area contributed by atoms with Gasteiger partial charge in [-0.2, -0.15) is 0 Å². The van der Waals surface area contributed by atoms with E-state index < -0.39 is 23.8 Å². The topological polar surface area (TPSA) is 74.6 Å². The quantitative estimate of drug-likeness (QED) is 0.800. The van der Waals surface area contributed by atoms with Gasteiger partial charge in [0.1, 0.15) is 0 Å². The van der Waals surface area contributed by atoms with Crippen LogP contribution >= 0.6 is 0 Å². The first kappa shape index (κ1) is 16.2. The van der Waals surface area contributed by atoms with Crippen molar-refractivity contribution in [2.24, 2.45) is 5.92 Å². The van der Waals surface area contributed by atoms with Crippen LogP contribution in [-0.2, 0) is 9.59 Å². The van der Waals surface area contributed by atoms with Crippen molar-refractivity contribution in [3.8, 4) is 0 Å². The molecule has 4 heteroatoms. The largest absolute Gasteiger partial charge is 0.481 e. The summed E-state index contributed by atoms with van der Waals surface area (Å²) in [7, 11) is 0. The van der Waals surface area contributed by atoms with Crippen molar-refractivity contribution in [3.63, 3.8) is 0 Å². The summed E-state index contributed by atoms with van der Waals surface area (Å²) in [5, 5.41) is 18.7. The van der Waals surface area contributed by atoms with Crippen LogP contribution in [0.25, 0.3) is 0 Å². The summed E-state index contributed by atoms with van der Waals surface area (Å²) in [6, 6.07) is 6.98. The maximum atomic E-state index is 11.7. The zero-order chi connectivity index (χ0) is 15.3. The molecule has 20 heavy (non-hydrogen) atoms. The lowest BCUT2D eigenvalue weighted by Crippen LogP contribution is -2.23. The Bertz CT molecular complexity index is 477. The van der Waals surface area contributed by atoms with Crippen LogP contribution in [0, 0.1) is 5.92 Å². The Morgan fingerprint density at radius 1 is 1.00 bits per heavy atom. The normalized spacial score (nSPS) is 14.0. The van der Waals surface area contributed by atoms with E-state index >= 15 is 0 Å². The van der Waals surface area contributed by atoms with E-state index in [0.717, 1.165) is 12.8 Å². The second kappa shape index (κ2) is 7.08. The molecule has 2 atom stereocenters. The van der Waals surface area contributed by atoms with Crippen LogP contribution in [0.5, 0.6) is 0 Å². The Hall–Kier alpha value is -1.84. The van der Waals surface area contributed by atoms with Crippen molar-refractivity contribution >= 4 is 11.9 Å². The maximum absolute atomic E-state index is 11.7. The molecule has 1 aromatic carbocycles. The molecule has 0 aromatic heterocycles. The fraction of sp³-hybridized carbons (Fsp3) is 0.500. The van der Waals surface area contributed by atoms with Gasteiger partial charge in [-0.25, -0.2) is 0 Å². The zero-order valence-electron chi connectivity index (χ0n) is 12.2. The predicted octanol–water partition coefficient (Wildman–Crippen LogP) is 3.48. The molecule has 0 amide bonds. The van der Waals surface area contributed by atoms with Crippen molar-refractivity contribution in [1.29, 1.82) is 0 Å². The van der Waals surface area contributed by atoms with Crippen molar-refractivity contribution in [1.82, 2.24) is 0 Å². The number of hydrogen-bond donors (Lipinski definition) is 2.